The fraction of sp³-hybridized carbons (Fsp3) is 0.500. The molecule has 24 heavy (non-hydrogen) atoms. The van der Waals surface area contributed by atoms with Gasteiger partial charge in [0.15, 0.2) is 5.82 Å². The zero-order valence-corrected chi connectivity index (χ0v) is 13.6. The lowest BCUT2D eigenvalue weighted by Gasteiger charge is -2.33. The molecule has 1 saturated carbocycles. The average molecular weight is 328 g/mol. The summed E-state index contributed by atoms with van der Waals surface area (Å²) in [5.74, 6) is 0.545. The molecule has 2 aromatic rings. The van der Waals surface area contributed by atoms with Gasteiger partial charge in [0.25, 0.3) is 5.91 Å². The number of aromatic nitrogens is 3. The molecule has 1 aliphatic heterocycles. The maximum Gasteiger partial charge on any atom is 0.257 e. The topological polar surface area (TPSA) is 51.0 Å². The number of carbonyl (C=O) groups excluding carboxylic acids is 1. The summed E-state index contributed by atoms with van der Waals surface area (Å²) in [5.41, 5.74) is 0.105. The first kappa shape index (κ1) is 15.3. The van der Waals surface area contributed by atoms with E-state index in [0.29, 0.717) is 12.5 Å². The van der Waals surface area contributed by atoms with Crippen LogP contribution in [0.5, 0.6) is 0 Å². The van der Waals surface area contributed by atoms with Crippen LogP contribution in [-0.2, 0) is 6.54 Å². The predicted molar refractivity (Wildman–Crippen MR) is 86.8 cm³/mol. The summed E-state index contributed by atoms with van der Waals surface area (Å²) >= 11 is 0. The number of carbonyl (C=O) groups is 1. The number of hydrogen-bond acceptors (Lipinski definition) is 3. The summed E-state index contributed by atoms with van der Waals surface area (Å²) in [6.45, 7) is 1.48. The molecule has 0 N–H and O–H groups in total. The van der Waals surface area contributed by atoms with Crippen LogP contribution in [0.15, 0.2) is 30.9 Å². The molecular formula is C18H21FN4O. The zero-order valence-electron chi connectivity index (χ0n) is 13.6. The van der Waals surface area contributed by atoms with Gasteiger partial charge in [-0.2, -0.15) is 0 Å². The Morgan fingerprint density at radius 3 is 2.79 bits per heavy atom. The molecule has 0 aromatic carbocycles. The van der Waals surface area contributed by atoms with Crippen molar-refractivity contribution < 1.29 is 9.18 Å². The average Bonchev–Trinajstić information content (AvgIpc) is 3.24. The van der Waals surface area contributed by atoms with Crippen molar-refractivity contribution in [3.8, 4) is 0 Å². The monoisotopic (exact) mass is 328 g/mol. The van der Waals surface area contributed by atoms with Crippen LogP contribution >= 0.6 is 0 Å². The van der Waals surface area contributed by atoms with Gasteiger partial charge in [0.1, 0.15) is 5.82 Å². The highest BCUT2D eigenvalue weighted by Gasteiger charge is 2.38. The van der Waals surface area contributed by atoms with Crippen LogP contribution in [0, 0.1) is 11.7 Å². The predicted octanol–water partition coefficient (Wildman–Crippen LogP) is 3.19. The highest BCUT2D eigenvalue weighted by molar-refractivity contribution is 5.94. The number of hydrogen-bond donors (Lipinski definition) is 0. The Balaban J connectivity index is 1.74. The van der Waals surface area contributed by atoms with E-state index in [-0.39, 0.29) is 17.5 Å². The number of pyridine rings is 1. The normalized spacial score (nSPS) is 21.5. The SMILES string of the molecule is O=C(c1ccncc1F)N1CCCn2ccnc2C1C1CCCC1. The molecule has 0 saturated heterocycles. The molecule has 0 bridgehead atoms. The summed E-state index contributed by atoms with van der Waals surface area (Å²) in [7, 11) is 0. The van der Waals surface area contributed by atoms with Gasteiger partial charge in [-0.05, 0) is 31.2 Å². The second-order valence-electron chi connectivity index (χ2n) is 6.68. The minimum absolute atomic E-state index is 0.0648. The number of fused-ring (bicyclic) bond motifs is 1. The van der Waals surface area contributed by atoms with Crippen LogP contribution in [0.1, 0.15) is 54.3 Å². The van der Waals surface area contributed by atoms with Crippen LogP contribution in [-0.4, -0.2) is 31.9 Å². The van der Waals surface area contributed by atoms with Crippen molar-refractivity contribution in [1.82, 2.24) is 19.4 Å². The molecule has 3 heterocycles. The third kappa shape index (κ3) is 2.60. The molecule has 0 radical (unpaired) electrons. The summed E-state index contributed by atoms with van der Waals surface area (Å²) in [4.78, 5) is 23.2. The van der Waals surface area contributed by atoms with Crippen LogP contribution in [0.3, 0.4) is 0 Å². The second-order valence-corrected chi connectivity index (χ2v) is 6.68. The number of nitrogens with zero attached hydrogens (tertiary/aromatic N) is 4. The lowest BCUT2D eigenvalue weighted by atomic mass is 9.95. The fourth-order valence-electron chi connectivity index (χ4n) is 4.14. The molecule has 0 spiro atoms. The van der Waals surface area contributed by atoms with Crippen LogP contribution in [0.25, 0.3) is 0 Å². The van der Waals surface area contributed by atoms with E-state index in [2.05, 4.69) is 14.5 Å². The van der Waals surface area contributed by atoms with Crippen LogP contribution < -0.4 is 0 Å². The molecule has 1 atom stereocenters. The number of amides is 1. The Labute approximate surface area is 140 Å². The fourth-order valence-corrected chi connectivity index (χ4v) is 4.14. The molecule has 6 heteroatoms. The minimum Gasteiger partial charge on any atom is -0.333 e. The van der Waals surface area contributed by atoms with E-state index in [0.717, 1.165) is 37.8 Å². The van der Waals surface area contributed by atoms with Gasteiger partial charge >= 0.3 is 0 Å². The van der Waals surface area contributed by atoms with Crippen molar-refractivity contribution in [1.29, 1.82) is 0 Å². The Kier molecular flexibility index (Phi) is 4.04. The van der Waals surface area contributed by atoms with E-state index in [1.807, 2.05) is 11.1 Å². The van der Waals surface area contributed by atoms with E-state index in [9.17, 15) is 9.18 Å². The Morgan fingerprint density at radius 2 is 2.00 bits per heavy atom. The Hall–Kier alpha value is -2.24. The lowest BCUT2D eigenvalue weighted by molar-refractivity contribution is 0.0598. The molecule has 4 rings (SSSR count). The highest BCUT2D eigenvalue weighted by atomic mass is 19.1. The van der Waals surface area contributed by atoms with Gasteiger partial charge in [0.2, 0.25) is 0 Å². The minimum atomic E-state index is -0.555. The van der Waals surface area contributed by atoms with E-state index < -0.39 is 5.82 Å². The largest absolute Gasteiger partial charge is 0.333 e. The first-order chi connectivity index (χ1) is 11.8. The molecule has 1 unspecified atom stereocenters. The van der Waals surface area contributed by atoms with Gasteiger partial charge in [-0.1, -0.05) is 12.8 Å². The third-order valence-electron chi connectivity index (χ3n) is 5.26. The van der Waals surface area contributed by atoms with E-state index in [1.54, 1.807) is 6.20 Å². The van der Waals surface area contributed by atoms with E-state index in [1.165, 1.54) is 25.1 Å². The quantitative estimate of drug-likeness (QED) is 0.851. The molecule has 2 aromatic heterocycles. The highest BCUT2D eigenvalue weighted by Crippen LogP contribution is 2.40. The smallest absolute Gasteiger partial charge is 0.257 e. The van der Waals surface area contributed by atoms with Crippen molar-refractivity contribution in [3.63, 3.8) is 0 Å². The summed E-state index contributed by atoms with van der Waals surface area (Å²) in [6, 6.07) is 1.41. The van der Waals surface area contributed by atoms with E-state index >= 15 is 0 Å². The molecule has 1 fully saturated rings. The molecule has 1 aliphatic carbocycles. The summed E-state index contributed by atoms with van der Waals surface area (Å²) in [5, 5.41) is 0. The third-order valence-corrected chi connectivity index (χ3v) is 5.26. The van der Waals surface area contributed by atoms with Gasteiger partial charge in [0, 0.05) is 31.7 Å². The van der Waals surface area contributed by atoms with Crippen LogP contribution in [0.4, 0.5) is 4.39 Å². The maximum absolute atomic E-state index is 14.1. The maximum atomic E-state index is 14.1. The molecular weight excluding hydrogens is 307 g/mol. The first-order valence-electron chi connectivity index (χ1n) is 8.67. The number of rotatable bonds is 2. The number of halogens is 1. The Bertz CT molecular complexity index is 738. The van der Waals surface area contributed by atoms with Gasteiger partial charge in [0.05, 0.1) is 17.8 Å². The number of imidazole rings is 1. The molecule has 2 aliphatic rings. The Morgan fingerprint density at radius 1 is 1.17 bits per heavy atom. The van der Waals surface area contributed by atoms with Gasteiger partial charge in [-0.25, -0.2) is 9.37 Å². The molecule has 126 valence electrons. The summed E-state index contributed by atoms with van der Waals surface area (Å²) in [6.07, 6.45) is 11.8. The van der Waals surface area contributed by atoms with Crippen molar-refractivity contribution in [2.24, 2.45) is 5.92 Å². The second kappa shape index (κ2) is 6.34. The molecule has 1 amide bonds. The van der Waals surface area contributed by atoms with E-state index in [4.69, 9.17) is 0 Å². The van der Waals surface area contributed by atoms with Gasteiger partial charge in [-0.15, -0.1) is 0 Å². The first-order valence-corrected chi connectivity index (χ1v) is 8.67. The van der Waals surface area contributed by atoms with Crippen molar-refractivity contribution in [2.45, 2.75) is 44.7 Å². The number of aryl methyl sites for hydroxylation is 1. The van der Waals surface area contributed by atoms with Gasteiger partial charge < -0.3 is 9.47 Å². The zero-order chi connectivity index (χ0) is 16.5. The lowest BCUT2D eigenvalue weighted by Crippen LogP contribution is -2.39. The molecule has 5 nitrogen and oxygen atoms in total. The summed E-state index contributed by atoms with van der Waals surface area (Å²) < 4.78 is 16.3. The van der Waals surface area contributed by atoms with Crippen molar-refractivity contribution >= 4 is 5.91 Å². The van der Waals surface area contributed by atoms with Crippen molar-refractivity contribution in [3.05, 3.63) is 48.1 Å². The van der Waals surface area contributed by atoms with Gasteiger partial charge in [-0.3, -0.25) is 9.78 Å². The van der Waals surface area contributed by atoms with Crippen LogP contribution in [0.2, 0.25) is 0 Å². The van der Waals surface area contributed by atoms with Crippen molar-refractivity contribution in [2.75, 3.05) is 6.54 Å². The standard InChI is InChI=1S/C18H21FN4O/c19-15-12-20-7-6-14(15)18(24)23-10-3-9-22-11-8-21-17(22)16(23)13-4-1-2-5-13/h6-8,11-13,16H,1-5,9-10H2.